The highest BCUT2D eigenvalue weighted by Gasteiger charge is 2.32. The average molecular weight is 271 g/mol. The number of nitrogens with zero attached hydrogens (tertiary/aromatic N) is 2. The fraction of sp³-hybridized carbons (Fsp3) is 0.929. The smallest absolute Gasteiger partial charge is 0.0928 e. The minimum absolute atomic E-state index is 0.147. The Kier molecular flexibility index (Phi) is 5.15. The van der Waals surface area contributed by atoms with E-state index in [1.165, 1.54) is 13.0 Å². The third kappa shape index (κ3) is 4.48. The molecule has 106 valence electrons. The minimum atomic E-state index is -0.147. The maximum atomic E-state index is 5.83. The summed E-state index contributed by atoms with van der Waals surface area (Å²) >= 11 is 5.16. The molecule has 0 bridgehead atoms. The van der Waals surface area contributed by atoms with Crippen LogP contribution in [0.4, 0.5) is 0 Å². The molecule has 0 aromatic carbocycles. The molecule has 0 aromatic rings. The second-order valence-corrected chi connectivity index (χ2v) is 7.50. The lowest BCUT2D eigenvalue weighted by Gasteiger charge is -2.43. The van der Waals surface area contributed by atoms with Crippen molar-refractivity contribution >= 4 is 17.2 Å². The average Bonchev–Trinajstić information content (AvgIpc) is 2.26. The minimum Gasteiger partial charge on any atom is -0.392 e. The van der Waals surface area contributed by atoms with Gasteiger partial charge < -0.3 is 10.6 Å². The number of rotatable bonds is 4. The molecule has 1 fully saturated rings. The van der Waals surface area contributed by atoms with Gasteiger partial charge in [0.1, 0.15) is 0 Å². The maximum Gasteiger partial charge on any atom is 0.0928 e. The van der Waals surface area contributed by atoms with Crippen molar-refractivity contribution in [1.29, 1.82) is 0 Å². The largest absolute Gasteiger partial charge is 0.392 e. The molecule has 1 rings (SSSR count). The van der Waals surface area contributed by atoms with E-state index >= 15 is 0 Å². The second-order valence-electron chi connectivity index (χ2n) is 7.06. The summed E-state index contributed by atoms with van der Waals surface area (Å²) in [5.74, 6) is 0. The monoisotopic (exact) mass is 271 g/mol. The SMILES string of the molecule is CC(C)(C)CCN1CCN(C(C)(C)C(N)=S)CC1. The van der Waals surface area contributed by atoms with Crippen molar-refractivity contribution in [3.05, 3.63) is 0 Å². The molecule has 0 saturated carbocycles. The molecule has 0 aromatic heterocycles. The van der Waals surface area contributed by atoms with E-state index < -0.39 is 0 Å². The first kappa shape index (κ1) is 15.9. The van der Waals surface area contributed by atoms with Crippen LogP contribution >= 0.6 is 12.2 Å². The van der Waals surface area contributed by atoms with E-state index in [1.54, 1.807) is 0 Å². The molecule has 1 saturated heterocycles. The third-order valence-electron chi connectivity index (χ3n) is 3.94. The zero-order valence-corrected chi connectivity index (χ0v) is 13.4. The van der Waals surface area contributed by atoms with Gasteiger partial charge in [0.2, 0.25) is 0 Å². The summed E-state index contributed by atoms with van der Waals surface area (Å²) in [4.78, 5) is 5.56. The van der Waals surface area contributed by atoms with Crippen molar-refractivity contribution in [3.8, 4) is 0 Å². The van der Waals surface area contributed by atoms with E-state index in [-0.39, 0.29) is 5.54 Å². The molecule has 2 N–H and O–H groups in total. The van der Waals surface area contributed by atoms with E-state index in [0.717, 1.165) is 26.2 Å². The van der Waals surface area contributed by atoms with Gasteiger partial charge in [-0.2, -0.15) is 0 Å². The van der Waals surface area contributed by atoms with Crippen LogP contribution in [0.15, 0.2) is 0 Å². The lowest BCUT2D eigenvalue weighted by Crippen LogP contribution is -2.59. The summed E-state index contributed by atoms with van der Waals surface area (Å²) < 4.78 is 0. The van der Waals surface area contributed by atoms with Crippen molar-refractivity contribution < 1.29 is 0 Å². The highest BCUT2D eigenvalue weighted by molar-refractivity contribution is 7.80. The quantitative estimate of drug-likeness (QED) is 0.794. The van der Waals surface area contributed by atoms with Gasteiger partial charge in [-0.05, 0) is 32.2 Å². The summed E-state index contributed by atoms with van der Waals surface area (Å²) in [5, 5.41) is 0. The van der Waals surface area contributed by atoms with Gasteiger partial charge in [0.05, 0.1) is 10.5 Å². The molecule has 0 aliphatic carbocycles. The Labute approximate surface area is 118 Å². The zero-order valence-electron chi connectivity index (χ0n) is 12.6. The van der Waals surface area contributed by atoms with Crippen molar-refractivity contribution in [2.75, 3.05) is 32.7 Å². The number of thiocarbonyl (C=S) groups is 1. The van der Waals surface area contributed by atoms with Crippen LogP contribution < -0.4 is 5.73 Å². The summed E-state index contributed by atoms with van der Waals surface area (Å²) in [6, 6.07) is 0. The van der Waals surface area contributed by atoms with E-state index in [1.807, 2.05) is 0 Å². The molecule has 1 heterocycles. The van der Waals surface area contributed by atoms with Gasteiger partial charge in [0.15, 0.2) is 0 Å². The van der Waals surface area contributed by atoms with E-state index in [2.05, 4.69) is 44.4 Å². The number of hydrogen-bond acceptors (Lipinski definition) is 3. The summed E-state index contributed by atoms with van der Waals surface area (Å²) in [5.41, 5.74) is 6.11. The molecule has 3 nitrogen and oxygen atoms in total. The van der Waals surface area contributed by atoms with Crippen molar-refractivity contribution in [2.45, 2.75) is 46.6 Å². The van der Waals surface area contributed by atoms with Crippen LogP contribution in [0, 0.1) is 5.41 Å². The normalized spacial score (nSPS) is 20.1. The molecule has 0 radical (unpaired) electrons. The lowest BCUT2D eigenvalue weighted by atomic mass is 9.92. The molecular weight excluding hydrogens is 242 g/mol. The first-order chi connectivity index (χ1) is 8.13. The van der Waals surface area contributed by atoms with Gasteiger partial charge in [-0.3, -0.25) is 4.90 Å². The Morgan fingerprint density at radius 1 is 1.06 bits per heavy atom. The molecule has 0 atom stereocenters. The fourth-order valence-electron chi connectivity index (χ4n) is 2.18. The van der Waals surface area contributed by atoms with Crippen molar-refractivity contribution in [1.82, 2.24) is 9.80 Å². The van der Waals surface area contributed by atoms with Gasteiger partial charge in [-0.15, -0.1) is 0 Å². The van der Waals surface area contributed by atoms with Crippen LogP contribution in [0.25, 0.3) is 0 Å². The molecule has 1 aliphatic rings. The van der Waals surface area contributed by atoms with Crippen LogP contribution in [-0.4, -0.2) is 53.1 Å². The third-order valence-corrected chi connectivity index (χ3v) is 4.44. The van der Waals surface area contributed by atoms with Gasteiger partial charge in [-0.1, -0.05) is 33.0 Å². The summed E-state index contributed by atoms with van der Waals surface area (Å²) in [7, 11) is 0. The highest BCUT2D eigenvalue weighted by atomic mass is 32.1. The molecule has 0 amide bonds. The van der Waals surface area contributed by atoms with Crippen molar-refractivity contribution in [2.24, 2.45) is 11.1 Å². The topological polar surface area (TPSA) is 32.5 Å². The lowest BCUT2D eigenvalue weighted by molar-refractivity contribution is 0.0797. The van der Waals surface area contributed by atoms with Crippen LogP contribution in [0.1, 0.15) is 41.0 Å². The maximum absolute atomic E-state index is 5.83. The Balaban J connectivity index is 2.40. The predicted octanol–water partition coefficient (Wildman–Crippen LogP) is 2.10. The predicted molar refractivity (Wildman–Crippen MR) is 82.9 cm³/mol. The standard InChI is InChI=1S/C14H29N3S/c1-13(2,3)6-7-16-8-10-17(11-9-16)14(4,5)12(15)18/h6-11H2,1-5H3,(H2,15,18). The fourth-order valence-corrected chi connectivity index (χ4v) is 2.31. The van der Waals surface area contributed by atoms with Crippen LogP contribution in [0.2, 0.25) is 0 Å². The number of nitrogens with two attached hydrogens (primary N) is 1. The van der Waals surface area contributed by atoms with E-state index in [9.17, 15) is 0 Å². The van der Waals surface area contributed by atoms with Gasteiger partial charge >= 0.3 is 0 Å². The van der Waals surface area contributed by atoms with Gasteiger partial charge in [0.25, 0.3) is 0 Å². The Morgan fingerprint density at radius 2 is 1.56 bits per heavy atom. The Morgan fingerprint density at radius 3 is 1.94 bits per heavy atom. The first-order valence-corrected chi connectivity index (χ1v) is 7.31. The first-order valence-electron chi connectivity index (χ1n) is 6.90. The van der Waals surface area contributed by atoms with Gasteiger partial charge in [-0.25, -0.2) is 0 Å². The molecule has 0 unspecified atom stereocenters. The molecule has 0 spiro atoms. The van der Waals surface area contributed by atoms with Crippen LogP contribution in [-0.2, 0) is 0 Å². The molecule has 1 aliphatic heterocycles. The Hall–Kier alpha value is -0.190. The van der Waals surface area contributed by atoms with Crippen LogP contribution in [0.5, 0.6) is 0 Å². The number of piperazine rings is 1. The zero-order chi connectivity index (χ0) is 14.0. The number of hydrogen-bond donors (Lipinski definition) is 1. The Bertz CT molecular complexity index is 286. The van der Waals surface area contributed by atoms with Gasteiger partial charge in [0, 0.05) is 26.2 Å². The van der Waals surface area contributed by atoms with Crippen LogP contribution in [0.3, 0.4) is 0 Å². The highest BCUT2D eigenvalue weighted by Crippen LogP contribution is 2.21. The van der Waals surface area contributed by atoms with E-state index in [4.69, 9.17) is 18.0 Å². The second kappa shape index (κ2) is 5.85. The molecule has 4 heteroatoms. The summed E-state index contributed by atoms with van der Waals surface area (Å²) in [6.45, 7) is 16.7. The van der Waals surface area contributed by atoms with E-state index in [0.29, 0.717) is 10.4 Å². The van der Waals surface area contributed by atoms with Crippen molar-refractivity contribution in [3.63, 3.8) is 0 Å². The molecular formula is C14H29N3S. The summed E-state index contributed by atoms with van der Waals surface area (Å²) in [6.07, 6.45) is 1.26. The molecule has 18 heavy (non-hydrogen) atoms.